The summed E-state index contributed by atoms with van der Waals surface area (Å²) < 4.78 is 4.81. The Bertz CT molecular complexity index is 278. The maximum atomic E-state index is 11.3. The highest BCUT2D eigenvalue weighted by atomic mass is 16.6. The van der Waals surface area contributed by atoms with E-state index in [1.54, 1.807) is 0 Å². The third-order valence-corrected chi connectivity index (χ3v) is 3.81. The Morgan fingerprint density at radius 3 is 1.74 bits per heavy atom. The number of carbonyl (C=O) groups excluding carboxylic acids is 1. The molecule has 0 aliphatic rings. The first-order chi connectivity index (χ1) is 11.0. The molecule has 0 amide bonds. The first-order valence-electron chi connectivity index (χ1n) is 9.46. The van der Waals surface area contributed by atoms with Crippen molar-refractivity contribution >= 4 is 5.97 Å². The maximum Gasteiger partial charge on any atom is 0.322 e. The van der Waals surface area contributed by atoms with Crippen LogP contribution in [0.25, 0.3) is 0 Å². The zero-order valence-electron chi connectivity index (χ0n) is 15.4. The predicted octanol–water partition coefficient (Wildman–Crippen LogP) is 3.41. The van der Waals surface area contributed by atoms with Gasteiger partial charge in [0.05, 0.1) is 6.54 Å². The minimum Gasteiger partial charge on any atom is -0.430 e. The highest BCUT2D eigenvalue weighted by Gasteiger charge is 2.16. The summed E-state index contributed by atoms with van der Waals surface area (Å²) in [5.74, 6) is -1.79. The summed E-state index contributed by atoms with van der Waals surface area (Å²) in [6, 6.07) is 0. The SMILES string of the molecule is CCCCCCCCCCCCCCNCC(=O)OC(C)(N)N. The van der Waals surface area contributed by atoms with Crippen molar-refractivity contribution in [3.05, 3.63) is 0 Å². The molecule has 0 aromatic carbocycles. The molecule has 0 aliphatic heterocycles. The van der Waals surface area contributed by atoms with E-state index in [0.29, 0.717) is 0 Å². The summed E-state index contributed by atoms with van der Waals surface area (Å²) >= 11 is 0. The number of carbonyl (C=O) groups is 1. The van der Waals surface area contributed by atoms with Crippen LogP contribution in [0.2, 0.25) is 0 Å². The van der Waals surface area contributed by atoms with Crippen LogP contribution in [-0.2, 0) is 9.53 Å². The monoisotopic (exact) mass is 329 g/mol. The lowest BCUT2D eigenvalue weighted by Crippen LogP contribution is -2.51. The van der Waals surface area contributed by atoms with E-state index in [1.807, 2.05) is 0 Å². The van der Waals surface area contributed by atoms with Crippen LogP contribution in [-0.4, -0.2) is 24.9 Å². The van der Waals surface area contributed by atoms with Gasteiger partial charge in [0.25, 0.3) is 0 Å². The molecular formula is C18H39N3O2. The summed E-state index contributed by atoms with van der Waals surface area (Å²) in [6.07, 6.45) is 16.0. The summed E-state index contributed by atoms with van der Waals surface area (Å²) in [4.78, 5) is 11.3. The van der Waals surface area contributed by atoms with Crippen LogP contribution >= 0.6 is 0 Å². The zero-order chi connectivity index (χ0) is 17.4. The number of hydrogen-bond donors (Lipinski definition) is 3. The van der Waals surface area contributed by atoms with E-state index in [4.69, 9.17) is 16.2 Å². The van der Waals surface area contributed by atoms with Gasteiger partial charge in [0, 0.05) is 6.92 Å². The van der Waals surface area contributed by atoms with Gasteiger partial charge in [-0.2, -0.15) is 0 Å². The third kappa shape index (κ3) is 19.3. The van der Waals surface area contributed by atoms with E-state index in [2.05, 4.69) is 12.2 Å². The maximum absolute atomic E-state index is 11.3. The van der Waals surface area contributed by atoms with Crippen molar-refractivity contribution in [1.29, 1.82) is 0 Å². The Labute approximate surface area is 142 Å². The molecule has 138 valence electrons. The van der Waals surface area contributed by atoms with Crippen molar-refractivity contribution in [2.75, 3.05) is 13.1 Å². The Morgan fingerprint density at radius 1 is 0.870 bits per heavy atom. The fourth-order valence-corrected chi connectivity index (χ4v) is 2.56. The highest BCUT2D eigenvalue weighted by Crippen LogP contribution is 2.11. The summed E-state index contributed by atoms with van der Waals surface area (Å²) in [5.41, 5.74) is 10.8. The Kier molecular flexibility index (Phi) is 14.5. The molecule has 0 fully saturated rings. The second-order valence-electron chi connectivity index (χ2n) is 6.72. The van der Waals surface area contributed by atoms with Crippen LogP contribution in [0.3, 0.4) is 0 Å². The van der Waals surface area contributed by atoms with Crippen LogP contribution in [0.5, 0.6) is 0 Å². The average molecular weight is 330 g/mol. The van der Waals surface area contributed by atoms with E-state index in [1.165, 1.54) is 77.6 Å². The fraction of sp³-hybridized carbons (Fsp3) is 0.944. The van der Waals surface area contributed by atoms with Gasteiger partial charge in [-0.05, 0) is 13.0 Å². The van der Waals surface area contributed by atoms with Gasteiger partial charge in [-0.15, -0.1) is 0 Å². The zero-order valence-corrected chi connectivity index (χ0v) is 15.4. The lowest BCUT2D eigenvalue weighted by atomic mass is 10.1. The molecule has 0 aromatic heterocycles. The number of nitrogens with two attached hydrogens (primary N) is 2. The van der Waals surface area contributed by atoms with Crippen LogP contribution in [0, 0.1) is 0 Å². The van der Waals surface area contributed by atoms with E-state index < -0.39 is 11.8 Å². The molecule has 0 unspecified atom stereocenters. The quantitative estimate of drug-likeness (QED) is 0.229. The second kappa shape index (κ2) is 14.9. The number of hydrogen-bond acceptors (Lipinski definition) is 5. The molecule has 0 aromatic rings. The molecule has 5 nitrogen and oxygen atoms in total. The molecule has 0 rings (SSSR count). The van der Waals surface area contributed by atoms with Gasteiger partial charge in [0.1, 0.15) is 0 Å². The van der Waals surface area contributed by atoms with Crippen molar-refractivity contribution in [3.63, 3.8) is 0 Å². The highest BCUT2D eigenvalue weighted by molar-refractivity contribution is 5.72. The second-order valence-corrected chi connectivity index (χ2v) is 6.72. The first kappa shape index (κ1) is 22.4. The van der Waals surface area contributed by atoms with Gasteiger partial charge in [0.2, 0.25) is 5.85 Å². The van der Waals surface area contributed by atoms with E-state index in [9.17, 15) is 4.79 Å². The molecule has 5 N–H and O–H groups in total. The van der Waals surface area contributed by atoms with Gasteiger partial charge in [0.15, 0.2) is 0 Å². The average Bonchev–Trinajstić information content (AvgIpc) is 2.46. The Balaban J connectivity index is 3.15. The van der Waals surface area contributed by atoms with Gasteiger partial charge < -0.3 is 10.1 Å². The molecule has 0 aliphatic carbocycles. The molecule has 0 bridgehead atoms. The molecule has 0 heterocycles. The Morgan fingerprint density at radius 2 is 1.30 bits per heavy atom. The smallest absolute Gasteiger partial charge is 0.322 e. The molecular weight excluding hydrogens is 290 g/mol. The molecule has 0 spiro atoms. The Hall–Kier alpha value is -0.650. The number of ether oxygens (including phenoxy) is 1. The van der Waals surface area contributed by atoms with Crippen molar-refractivity contribution in [2.24, 2.45) is 11.5 Å². The van der Waals surface area contributed by atoms with E-state index >= 15 is 0 Å². The largest absolute Gasteiger partial charge is 0.430 e. The number of rotatable bonds is 16. The lowest BCUT2D eigenvalue weighted by molar-refractivity contribution is -0.155. The van der Waals surface area contributed by atoms with Gasteiger partial charge in [-0.1, -0.05) is 77.6 Å². The van der Waals surface area contributed by atoms with Crippen LogP contribution < -0.4 is 16.8 Å². The molecule has 0 saturated heterocycles. The minimum atomic E-state index is -1.38. The van der Waals surface area contributed by atoms with Crippen molar-refractivity contribution in [1.82, 2.24) is 5.32 Å². The van der Waals surface area contributed by atoms with Crippen molar-refractivity contribution in [2.45, 2.75) is 96.7 Å². The fourth-order valence-electron chi connectivity index (χ4n) is 2.56. The molecule has 23 heavy (non-hydrogen) atoms. The number of nitrogens with one attached hydrogen (secondary N) is 1. The van der Waals surface area contributed by atoms with Crippen molar-refractivity contribution in [3.8, 4) is 0 Å². The first-order valence-corrected chi connectivity index (χ1v) is 9.46. The molecule has 0 saturated carbocycles. The predicted molar refractivity (Wildman–Crippen MR) is 96.8 cm³/mol. The molecule has 5 heteroatoms. The van der Waals surface area contributed by atoms with Gasteiger partial charge in [-0.3, -0.25) is 16.3 Å². The molecule has 0 radical (unpaired) electrons. The van der Waals surface area contributed by atoms with Gasteiger partial charge >= 0.3 is 5.97 Å². The van der Waals surface area contributed by atoms with Crippen molar-refractivity contribution < 1.29 is 9.53 Å². The van der Waals surface area contributed by atoms with Crippen LogP contribution in [0.15, 0.2) is 0 Å². The number of esters is 1. The van der Waals surface area contributed by atoms with E-state index in [-0.39, 0.29) is 6.54 Å². The van der Waals surface area contributed by atoms with Gasteiger partial charge in [-0.25, -0.2) is 0 Å². The van der Waals surface area contributed by atoms with E-state index in [0.717, 1.165) is 13.0 Å². The standard InChI is InChI=1S/C18H39N3O2/c1-3-4-5-6-7-8-9-10-11-12-13-14-15-21-16-17(22)23-18(2,19)20/h21H,3-16,19-20H2,1-2H3. The minimum absolute atomic E-state index is 0.169. The third-order valence-electron chi connectivity index (χ3n) is 3.81. The summed E-state index contributed by atoms with van der Waals surface area (Å²) in [7, 11) is 0. The number of unbranched alkanes of at least 4 members (excludes halogenated alkanes) is 11. The van der Waals surface area contributed by atoms with Crippen LogP contribution in [0.4, 0.5) is 0 Å². The topological polar surface area (TPSA) is 90.4 Å². The summed E-state index contributed by atoms with van der Waals surface area (Å²) in [6.45, 7) is 4.72. The molecule has 0 atom stereocenters. The normalized spacial score (nSPS) is 11.7. The summed E-state index contributed by atoms with van der Waals surface area (Å²) in [5, 5.41) is 3.06. The lowest BCUT2D eigenvalue weighted by Gasteiger charge is -2.19. The van der Waals surface area contributed by atoms with Crippen LogP contribution in [0.1, 0.15) is 90.9 Å².